The summed E-state index contributed by atoms with van der Waals surface area (Å²) in [6.45, 7) is 4.99. The minimum absolute atomic E-state index is 0.0513. The van der Waals surface area contributed by atoms with Gasteiger partial charge in [0.1, 0.15) is 16.4 Å². The maximum atomic E-state index is 13.2. The molecule has 7 nitrogen and oxygen atoms in total. The van der Waals surface area contributed by atoms with Gasteiger partial charge in [0.25, 0.3) is 0 Å². The minimum Gasteiger partial charge on any atom is -0.492 e. The molecule has 31 heavy (non-hydrogen) atoms. The van der Waals surface area contributed by atoms with Crippen molar-refractivity contribution in [2.45, 2.75) is 31.6 Å². The van der Waals surface area contributed by atoms with E-state index in [-0.39, 0.29) is 35.6 Å². The molecule has 0 saturated carbocycles. The normalized spacial score (nSPS) is 15.5. The largest absolute Gasteiger partial charge is 0.492 e. The van der Waals surface area contributed by atoms with Crippen LogP contribution in [0.15, 0.2) is 47.4 Å². The number of piperidine rings is 1. The van der Waals surface area contributed by atoms with Crippen molar-refractivity contribution in [3.63, 3.8) is 0 Å². The smallest absolute Gasteiger partial charge is 0.246 e. The summed E-state index contributed by atoms with van der Waals surface area (Å²) in [6, 6.07) is 11.8. The van der Waals surface area contributed by atoms with Gasteiger partial charge in [-0.05, 0) is 57.0 Å². The van der Waals surface area contributed by atoms with E-state index >= 15 is 0 Å². The SMILES string of the molecule is CCOc1ccccc1NC(=O)C1CCN(S(=O)(=O)c2cc(Cl)ccc2OCC)CC1. The van der Waals surface area contributed by atoms with E-state index in [4.69, 9.17) is 21.1 Å². The average molecular weight is 467 g/mol. The molecule has 1 amide bonds. The summed E-state index contributed by atoms with van der Waals surface area (Å²) in [7, 11) is -3.79. The average Bonchev–Trinajstić information content (AvgIpc) is 2.76. The minimum atomic E-state index is -3.79. The van der Waals surface area contributed by atoms with Gasteiger partial charge in [-0.3, -0.25) is 4.79 Å². The molecule has 1 N–H and O–H groups in total. The molecule has 9 heteroatoms. The van der Waals surface area contributed by atoms with Gasteiger partial charge in [0.15, 0.2) is 0 Å². The second-order valence-electron chi connectivity index (χ2n) is 7.12. The van der Waals surface area contributed by atoms with Crippen LogP contribution in [0.5, 0.6) is 11.5 Å². The van der Waals surface area contributed by atoms with Crippen LogP contribution < -0.4 is 14.8 Å². The van der Waals surface area contributed by atoms with E-state index in [0.29, 0.717) is 42.5 Å². The summed E-state index contributed by atoms with van der Waals surface area (Å²) >= 11 is 6.04. The van der Waals surface area contributed by atoms with E-state index in [2.05, 4.69) is 5.32 Å². The molecule has 1 aliphatic heterocycles. The molecule has 1 aliphatic rings. The van der Waals surface area contributed by atoms with Crippen LogP contribution in [0.3, 0.4) is 0 Å². The van der Waals surface area contributed by atoms with Gasteiger partial charge in [-0.25, -0.2) is 8.42 Å². The highest BCUT2D eigenvalue weighted by Crippen LogP contribution is 2.33. The summed E-state index contributed by atoms with van der Waals surface area (Å²) < 4.78 is 38.8. The first-order chi connectivity index (χ1) is 14.9. The zero-order valence-corrected chi connectivity index (χ0v) is 19.2. The molecular weight excluding hydrogens is 440 g/mol. The number of hydrogen-bond donors (Lipinski definition) is 1. The number of rotatable bonds is 8. The Balaban J connectivity index is 1.68. The summed E-state index contributed by atoms with van der Waals surface area (Å²) in [4.78, 5) is 12.8. The number of amides is 1. The fraction of sp³-hybridized carbons (Fsp3) is 0.409. The van der Waals surface area contributed by atoms with Crippen LogP contribution in [0.2, 0.25) is 5.02 Å². The maximum absolute atomic E-state index is 13.2. The maximum Gasteiger partial charge on any atom is 0.246 e. The van der Waals surface area contributed by atoms with Crippen molar-refractivity contribution in [2.75, 3.05) is 31.6 Å². The van der Waals surface area contributed by atoms with Crippen LogP contribution in [-0.4, -0.2) is 44.9 Å². The Hall–Kier alpha value is -2.29. The van der Waals surface area contributed by atoms with Gasteiger partial charge in [0.2, 0.25) is 15.9 Å². The topological polar surface area (TPSA) is 84.9 Å². The Morgan fingerprint density at radius 3 is 2.39 bits per heavy atom. The molecular formula is C22H27ClN2O5S. The highest BCUT2D eigenvalue weighted by Gasteiger charge is 2.34. The van der Waals surface area contributed by atoms with Crippen LogP contribution in [-0.2, 0) is 14.8 Å². The lowest BCUT2D eigenvalue weighted by Crippen LogP contribution is -2.41. The molecule has 0 aromatic heterocycles. The molecule has 0 atom stereocenters. The molecule has 0 bridgehead atoms. The number of para-hydroxylation sites is 2. The monoisotopic (exact) mass is 466 g/mol. The van der Waals surface area contributed by atoms with Crippen molar-refractivity contribution in [2.24, 2.45) is 5.92 Å². The quantitative estimate of drug-likeness (QED) is 0.630. The zero-order valence-electron chi connectivity index (χ0n) is 17.6. The van der Waals surface area contributed by atoms with Crippen molar-refractivity contribution in [3.8, 4) is 11.5 Å². The molecule has 3 rings (SSSR count). The van der Waals surface area contributed by atoms with Gasteiger partial charge in [0.05, 0.1) is 18.9 Å². The van der Waals surface area contributed by atoms with Crippen molar-refractivity contribution in [1.29, 1.82) is 0 Å². The molecule has 0 radical (unpaired) electrons. The number of anilines is 1. The highest BCUT2D eigenvalue weighted by atomic mass is 35.5. The first kappa shape index (κ1) is 23.4. The lowest BCUT2D eigenvalue weighted by Gasteiger charge is -2.31. The highest BCUT2D eigenvalue weighted by molar-refractivity contribution is 7.89. The number of carbonyl (C=O) groups excluding carboxylic acids is 1. The molecule has 1 fully saturated rings. The molecule has 0 aliphatic carbocycles. The number of carbonyl (C=O) groups is 1. The van der Waals surface area contributed by atoms with E-state index < -0.39 is 10.0 Å². The van der Waals surface area contributed by atoms with Gasteiger partial charge in [-0.15, -0.1) is 0 Å². The molecule has 2 aromatic rings. The summed E-state index contributed by atoms with van der Waals surface area (Å²) in [6.07, 6.45) is 0.846. The third-order valence-corrected chi connectivity index (χ3v) is 7.25. The Bertz CT molecular complexity index is 1020. The van der Waals surface area contributed by atoms with Crippen LogP contribution in [0, 0.1) is 5.92 Å². The number of nitrogens with one attached hydrogen (secondary N) is 1. The van der Waals surface area contributed by atoms with E-state index in [9.17, 15) is 13.2 Å². The van der Waals surface area contributed by atoms with Gasteiger partial charge < -0.3 is 14.8 Å². The first-order valence-corrected chi connectivity index (χ1v) is 12.1. The van der Waals surface area contributed by atoms with Crippen molar-refractivity contribution in [1.82, 2.24) is 4.31 Å². The van der Waals surface area contributed by atoms with Crippen molar-refractivity contribution >= 4 is 33.2 Å². The van der Waals surface area contributed by atoms with Gasteiger partial charge in [0, 0.05) is 24.0 Å². The first-order valence-electron chi connectivity index (χ1n) is 10.3. The molecule has 2 aromatic carbocycles. The number of sulfonamides is 1. The Kier molecular flexibility index (Phi) is 7.80. The van der Waals surface area contributed by atoms with E-state index in [1.807, 2.05) is 19.1 Å². The van der Waals surface area contributed by atoms with Gasteiger partial charge in [-0.2, -0.15) is 4.31 Å². The number of hydrogen-bond acceptors (Lipinski definition) is 5. The van der Waals surface area contributed by atoms with E-state index in [1.165, 1.54) is 10.4 Å². The molecule has 0 unspecified atom stereocenters. The Morgan fingerprint density at radius 1 is 1.06 bits per heavy atom. The lowest BCUT2D eigenvalue weighted by molar-refractivity contribution is -0.120. The van der Waals surface area contributed by atoms with Crippen molar-refractivity contribution in [3.05, 3.63) is 47.5 Å². The van der Waals surface area contributed by atoms with E-state index in [0.717, 1.165) is 0 Å². The van der Waals surface area contributed by atoms with Gasteiger partial charge in [-0.1, -0.05) is 23.7 Å². The lowest BCUT2D eigenvalue weighted by atomic mass is 9.97. The standard InChI is InChI=1S/C22H27ClN2O5S/c1-3-29-19-8-6-5-7-18(19)24-22(26)16-11-13-25(14-12-16)31(27,28)21-15-17(23)9-10-20(21)30-4-2/h5-10,15-16H,3-4,11-14H2,1-2H3,(H,24,26). The molecule has 168 valence electrons. The van der Waals surface area contributed by atoms with Crippen LogP contribution >= 0.6 is 11.6 Å². The predicted molar refractivity (Wildman–Crippen MR) is 120 cm³/mol. The molecule has 1 heterocycles. The van der Waals surface area contributed by atoms with E-state index in [1.54, 1.807) is 31.2 Å². The summed E-state index contributed by atoms with van der Waals surface area (Å²) in [5.41, 5.74) is 0.615. The number of ether oxygens (including phenoxy) is 2. The fourth-order valence-electron chi connectivity index (χ4n) is 3.54. The second kappa shape index (κ2) is 10.3. The molecule has 0 spiro atoms. The zero-order chi connectivity index (χ0) is 22.4. The van der Waals surface area contributed by atoms with Crippen LogP contribution in [0.25, 0.3) is 0 Å². The fourth-order valence-corrected chi connectivity index (χ4v) is 5.41. The van der Waals surface area contributed by atoms with Gasteiger partial charge >= 0.3 is 0 Å². The Labute approximate surface area is 188 Å². The van der Waals surface area contributed by atoms with Crippen LogP contribution in [0.4, 0.5) is 5.69 Å². The third-order valence-electron chi connectivity index (χ3n) is 5.09. The number of benzene rings is 2. The molecule has 1 saturated heterocycles. The number of nitrogens with zero attached hydrogens (tertiary/aromatic N) is 1. The predicted octanol–water partition coefficient (Wildman–Crippen LogP) is 4.18. The Morgan fingerprint density at radius 2 is 1.71 bits per heavy atom. The number of halogens is 1. The second-order valence-corrected chi connectivity index (χ2v) is 9.46. The summed E-state index contributed by atoms with van der Waals surface area (Å²) in [5.74, 6) is 0.468. The summed E-state index contributed by atoms with van der Waals surface area (Å²) in [5, 5.41) is 3.24. The van der Waals surface area contributed by atoms with Crippen molar-refractivity contribution < 1.29 is 22.7 Å². The van der Waals surface area contributed by atoms with Crippen LogP contribution in [0.1, 0.15) is 26.7 Å². The third kappa shape index (κ3) is 5.50.